The number of carbonyl (C=O) groups is 1. The Morgan fingerprint density at radius 2 is 1.95 bits per heavy atom. The second-order valence-corrected chi connectivity index (χ2v) is 6.69. The minimum atomic E-state index is 0.0797. The molecular weight excluding hydrogens is 274 g/mol. The van der Waals surface area contributed by atoms with Gasteiger partial charge < -0.3 is 15.5 Å². The molecule has 4 heteroatoms. The first-order valence-corrected chi connectivity index (χ1v) is 8.55. The number of carbonyl (C=O) groups excluding carboxylic acids is 1. The molecule has 0 bridgehead atoms. The van der Waals surface area contributed by atoms with Crippen LogP contribution in [0, 0.1) is 11.8 Å². The molecule has 4 nitrogen and oxygen atoms in total. The molecular formula is C18H27N3O. The van der Waals surface area contributed by atoms with Gasteiger partial charge in [-0.1, -0.05) is 19.1 Å². The van der Waals surface area contributed by atoms with E-state index in [1.54, 1.807) is 0 Å². The summed E-state index contributed by atoms with van der Waals surface area (Å²) in [6, 6.07) is 8.34. The van der Waals surface area contributed by atoms with E-state index in [1.807, 2.05) is 19.1 Å². The Morgan fingerprint density at radius 3 is 2.55 bits per heavy atom. The number of hydrogen-bond acceptors (Lipinski definition) is 3. The molecule has 1 amide bonds. The quantitative estimate of drug-likeness (QED) is 0.846. The van der Waals surface area contributed by atoms with Gasteiger partial charge in [-0.2, -0.15) is 0 Å². The molecule has 2 aliphatic rings. The van der Waals surface area contributed by atoms with Crippen molar-refractivity contribution in [1.29, 1.82) is 0 Å². The van der Waals surface area contributed by atoms with Crippen molar-refractivity contribution in [2.45, 2.75) is 26.2 Å². The number of benzene rings is 1. The van der Waals surface area contributed by atoms with Gasteiger partial charge in [0.15, 0.2) is 0 Å². The van der Waals surface area contributed by atoms with Crippen LogP contribution < -0.4 is 10.6 Å². The van der Waals surface area contributed by atoms with Crippen LogP contribution in [0.5, 0.6) is 0 Å². The minimum Gasteiger partial charge on any atom is -0.326 e. The number of rotatable bonds is 6. The lowest BCUT2D eigenvalue weighted by Gasteiger charge is -2.31. The molecule has 0 radical (unpaired) electrons. The van der Waals surface area contributed by atoms with E-state index < -0.39 is 0 Å². The fourth-order valence-corrected chi connectivity index (χ4v) is 3.18. The monoisotopic (exact) mass is 301 g/mol. The molecule has 1 aromatic carbocycles. The Morgan fingerprint density at radius 1 is 1.27 bits per heavy atom. The number of nitrogens with one attached hydrogen (secondary N) is 2. The number of anilines is 1. The van der Waals surface area contributed by atoms with Gasteiger partial charge in [-0.15, -0.1) is 0 Å². The van der Waals surface area contributed by atoms with Gasteiger partial charge in [-0.05, 0) is 69.1 Å². The van der Waals surface area contributed by atoms with E-state index >= 15 is 0 Å². The van der Waals surface area contributed by atoms with Crippen LogP contribution in [-0.2, 0) is 11.2 Å². The van der Waals surface area contributed by atoms with Crippen molar-refractivity contribution in [1.82, 2.24) is 10.2 Å². The van der Waals surface area contributed by atoms with Gasteiger partial charge in [0, 0.05) is 18.2 Å². The van der Waals surface area contributed by atoms with Crippen molar-refractivity contribution < 1.29 is 4.79 Å². The number of nitrogens with zero attached hydrogens (tertiary/aromatic N) is 1. The van der Waals surface area contributed by atoms with E-state index in [2.05, 4.69) is 27.7 Å². The van der Waals surface area contributed by atoms with Gasteiger partial charge in [0.2, 0.25) is 5.91 Å². The van der Waals surface area contributed by atoms with Crippen molar-refractivity contribution in [2.75, 3.05) is 38.0 Å². The second-order valence-electron chi connectivity index (χ2n) is 6.69. The van der Waals surface area contributed by atoms with Crippen LogP contribution in [0.2, 0.25) is 0 Å². The normalized spacial score (nSPS) is 20.6. The van der Waals surface area contributed by atoms with Crippen molar-refractivity contribution in [2.24, 2.45) is 11.8 Å². The van der Waals surface area contributed by atoms with E-state index in [0.29, 0.717) is 5.92 Å². The topological polar surface area (TPSA) is 44.4 Å². The van der Waals surface area contributed by atoms with Gasteiger partial charge in [-0.25, -0.2) is 0 Å². The van der Waals surface area contributed by atoms with Gasteiger partial charge in [0.25, 0.3) is 0 Å². The summed E-state index contributed by atoms with van der Waals surface area (Å²) in [6.45, 7) is 7.60. The Bertz CT molecular complexity index is 490. The highest BCUT2D eigenvalue weighted by Crippen LogP contribution is 2.19. The van der Waals surface area contributed by atoms with E-state index in [4.69, 9.17) is 0 Å². The van der Waals surface area contributed by atoms with Gasteiger partial charge in [-0.3, -0.25) is 4.79 Å². The first-order chi connectivity index (χ1) is 10.7. The molecule has 3 rings (SSSR count). The van der Waals surface area contributed by atoms with Crippen LogP contribution in [0.25, 0.3) is 0 Å². The zero-order chi connectivity index (χ0) is 15.4. The first-order valence-electron chi connectivity index (χ1n) is 8.55. The largest absolute Gasteiger partial charge is 0.326 e. The highest BCUT2D eigenvalue weighted by Gasteiger charge is 2.28. The molecule has 2 fully saturated rings. The van der Waals surface area contributed by atoms with Gasteiger partial charge >= 0.3 is 0 Å². The molecule has 0 aliphatic carbocycles. The molecule has 1 atom stereocenters. The van der Waals surface area contributed by atoms with Crippen molar-refractivity contribution >= 4 is 11.6 Å². The smallest absolute Gasteiger partial charge is 0.227 e. The predicted octanol–water partition coefficient (Wildman–Crippen LogP) is 2.12. The molecule has 0 spiro atoms. The fraction of sp³-hybridized carbons (Fsp3) is 0.611. The average molecular weight is 301 g/mol. The molecule has 22 heavy (non-hydrogen) atoms. The van der Waals surface area contributed by atoms with Gasteiger partial charge in [0.05, 0.1) is 0 Å². The summed E-state index contributed by atoms with van der Waals surface area (Å²) in [7, 11) is 0. The molecule has 2 heterocycles. The van der Waals surface area contributed by atoms with E-state index in [1.165, 1.54) is 31.5 Å². The lowest BCUT2D eigenvalue weighted by Crippen LogP contribution is -2.48. The molecule has 0 aromatic heterocycles. The average Bonchev–Trinajstić information content (AvgIpc) is 2.98. The van der Waals surface area contributed by atoms with E-state index in [9.17, 15) is 4.79 Å². The Labute approximate surface area is 133 Å². The van der Waals surface area contributed by atoms with Crippen LogP contribution in [0.3, 0.4) is 0 Å². The maximum absolute atomic E-state index is 12.2. The van der Waals surface area contributed by atoms with Crippen LogP contribution >= 0.6 is 0 Å². The number of likely N-dealkylation sites (tertiary alicyclic amines) is 1. The lowest BCUT2D eigenvalue weighted by atomic mass is 9.88. The van der Waals surface area contributed by atoms with Crippen LogP contribution in [0.15, 0.2) is 24.3 Å². The molecule has 2 N–H and O–H groups in total. The summed E-state index contributed by atoms with van der Waals surface area (Å²) < 4.78 is 0. The van der Waals surface area contributed by atoms with Gasteiger partial charge in [0.1, 0.15) is 0 Å². The SMILES string of the molecule is CC(C(=O)Nc1ccc(CCN2CCCC2)cc1)C1CNC1. The molecule has 2 aliphatic heterocycles. The van der Waals surface area contributed by atoms with Crippen LogP contribution in [-0.4, -0.2) is 43.5 Å². The first kappa shape index (κ1) is 15.5. The summed E-state index contributed by atoms with van der Waals surface area (Å²) >= 11 is 0. The summed E-state index contributed by atoms with van der Waals surface area (Å²) in [5.41, 5.74) is 2.26. The van der Waals surface area contributed by atoms with Crippen molar-refractivity contribution in [3.8, 4) is 0 Å². The van der Waals surface area contributed by atoms with E-state index in [-0.39, 0.29) is 11.8 Å². The molecule has 0 saturated carbocycles. The Hall–Kier alpha value is -1.39. The van der Waals surface area contributed by atoms with Crippen molar-refractivity contribution in [3.05, 3.63) is 29.8 Å². The molecule has 1 aromatic rings. The van der Waals surface area contributed by atoms with Crippen LogP contribution in [0.1, 0.15) is 25.3 Å². The zero-order valence-corrected chi connectivity index (χ0v) is 13.5. The molecule has 1 unspecified atom stereocenters. The third-order valence-corrected chi connectivity index (χ3v) is 5.07. The highest BCUT2D eigenvalue weighted by molar-refractivity contribution is 5.92. The van der Waals surface area contributed by atoms with Crippen molar-refractivity contribution in [3.63, 3.8) is 0 Å². The maximum Gasteiger partial charge on any atom is 0.227 e. The maximum atomic E-state index is 12.2. The highest BCUT2D eigenvalue weighted by atomic mass is 16.1. The molecule has 2 saturated heterocycles. The van der Waals surface area contributed by atoms with E-state index in [0.717, 1.165) is 31.7 Å². The number of amides is 1. The summed E-state index contributed by atoms with van der Waals surface area (Å²) in [6.07, 6.45) is 3.79. The lowest BCUT2D eigenvalue weighted by molar-refractivity contribution is -0.121. The number of hydrogen-bond donors (Lipinski definition) is 2. The Kier molecular flexibility index (Phi) is 5.11. The van der Waals surface area contributed by atoms with Crippen LogP contribution in [0.4, 0.5) is 5.69 Å². The third kappa shape index (κ3) is 3.87. The second kappa shape index (κ2) is 7.25. The standard InChI is InChI=1S/C18H27N3O/c1-14(16-12-19-13-16)18(22)20-17-6-4-15(5-7-17)8-11-21-9-2-3-10-21/h4-7,14,16,19H,2-3,8-13H2,1H3,(H,20,22). The molecule has 120 valence electrons. The predicted molar refractivity (Wildman–Crippen MR) is 90.0 cm³/mol. The fourth-order valence-electron chi connectivity index (χ4n) is 3.18. The summed E-state index contributed by atoms with van der Waals surface area (Å²) in [5.74, 6) is 0.701. The third-order valence-electron chi connectivity index (χ3n) is 5.07. The zero-order valence-electron chi connectivity index (χ0n) is 13.5. The summed E-state index contributed by atoms with van der Waals surface area (Å²) in [5, 5.41) is 6.26. The minimum absolute atomic E-state index is 0.0797. The Balaban J connectivity index is 1.47. The summed E-state index contributed by atoms with van der Waals surface area (Å²) in [4.78, 5) is 14.7.